The summed E-state index contributed by atoms with van der Waals surface area (Å²) in [4.78, 5) is 4.17. The van der Waals surface area contributed by atoms with E-state index in [4.69, 9.17) is 5.84 Å². The molecule has 1 aromatic heterocycles. The number of hydrogen-bond acceptors (Lipinski definition) is 5. The summed E-state index contributed by atoms with van der Waals surface area (Å²) in [5, 5.41) is 0. The van der Waals surface area contributed by atoms with Crippen molar-refractivity contribution in [1.82, 2.24) is 10.4 Å². The zero-order valence-corrected chi connectivity index (χ0v) is 10.1. The number of aromatic nitrogens is 1. The van der Waals surface area contributed by atoms with Gasteiger partial charge in [-0.15, -0.1) is 0 Å². The Balaban J connectivity index is 2.50. The van der Waals surface area contributed by atoms with Gasteiger partial charge in [-0.2, -0.15) is 0 Å². The van der Waals surface area contributed by atoms with Gasteiger partial charge in [0.05, 0.1) is 5.75 Å². The quantitative estimate of drug-likeness (QED) is 0.538. The van der Waals surface area contributed by atoms with Gasteiger partial charge < -0.3 is 0 Å². The van der Waals surface area contributed by atoms with Crippen molar-refractivity contribution >= 4 is 9.84 Å². The number of hydrazine groups is 1. The standard InChI is InChI=1S/C10H17N3O2S/c1-16(14,15)7-5-10(13-11)8-9-4-2-3-6-12-9/h2-4,6,10,13H,5,7-8,11H2,1H3. The first-order valence-corrected chi connectivity index (χ1v) is 7.11. The van der Waals surface area contributed by atoms with E-state index in [1.165, 1.54) is 6.26 Å². The van der Waals surface area contributed by atoms with Gasteiger partial charge in [0.2, 0.25) is 0 Å². The predicted molar refractivity (Wildman–Crippen MR) is 63.4 cm³/mol. The van der Waals surface area contributed by atoms with E-state index < -0.39 is 9.84 Å². The molecule has 3 N–H and O–H groups in total. The van der Waals surface area contributed by atoms with Crippen molar-refractivity contribution < 1.29 is 8.42 Å². The number of rotatable bonds is 6. The first-order chi connectivity index (χ1) is 7.51. The Hall–Kier alpha value is -0.980. The minimum Gasteiger partial charge on any atom is -0.271 e. The molecule has 0 radical (unpaired) electrons. The van der Waals surface area contributed by atoms with E-state index in [-0.39, 0.29) is 11.8 Å². The van der Waals surface area contributed by atoms with Gasteiger partial charge in [-0.3, -0.25) is 16.3 Å². The molecule has 0 aliphatic heterocycles. The first kappa shape index (κ1) is 13.1. The Morgan fingerprint density at radius 1 is 1.50 bits per heavy atom. The number of nitrogens with one attached hydrogen (secondary N) is 1. The van der Waals surface area contributed by atoms with E-state index >= 15 is 0 Å². The molecule has 1 unspecified atom stereocenters. The minimum atomic E-state index is -2.94. The van der Waals surface area contributed by atoms with Crippen molar-refractivity contribution in [2.75, 3.05) is 12.0 Å². The van der Waals surface area contributed by atoms with Crippen molar-refractivity contribution in [3.8, 4) is 0 Å². The summed E-state index contributed by atoms with van der Waals surface area (Å²) in [5.41, 5.74) is 3.52. The molecule has 1 atom stereocenters. The molecule has 0 saturated carbocycles. The molecule has 1 aromatic rings. The second-order valence-electron chi connectivity index (χ2n) is 3.81. The number of hydrogen-bond donors (Lipinski definition) is 2. The van der Waals surface area contributed by atoms with Crippen LogP contribution in [-0.4, -0.2) is 31.5 Å². The lowest BCUT2D eigenvalue weighted by Crippen LogP contribution is -2.38. The molecule has 16 heavy (non-hydrogen) atoms. The molecule has 90 valence electrons. The van der Waals surface area contributed by atoms with E-state index in [9.17, 15) is 8.42 Å². The van der Waals surface area contributed by atoms with E-state index in [1.807, 2.05) is 18.2 Å². The molecule has 0 aromatic carbocycles. The van der Waals surface area contributed by atoms with Crippen molar-refractivity contribution in [2.24, 2.45) is 5.84 Å². The molecular formula is C10H17N3O2S. The van der Waals surface area contributed by atoms with Crippen LogP contribution in [0.3, 0.4) is 0 Å². The van der Waals surface area contributed by atoms with Crippen LogP contribution in [0.1, 0.15) is 12.1 Å². The van der Waals surface area contributed by atoms with E-state index in [1.54, 1.807) is 6.20 Å². The van der Waals surface area contributed by atoms with Gasteiger partial charge in [-0.05, 0) is 18.6 Å². The third-order valence-corrected chi connectivity index (χ3v) is 3.23. The molecule has 0 spiro atoms. The lowest BCUT2D eigenvalue weighted by atomic mass is 10.1. The fourth-order valence-corrected chi connectivity index (χ4v) is 2.08. The van der Waals surface area contributed by atoms with Crippen molar-refractivity contribution in [1.29, 1.82) is 0 Å². The third-order valence-electron chi connectivity index (χ3n) is 2.25. The maximum absolute atomic E-state index is 11.0. The molecule has 6 heteroatoms. The number of pyridine rings is 1. The summed E-state index contributed by atoms with van der Waals surface area (Å²) < 4.78 is 22.0. The maximum atomic E-state index is 11.0. The molecule has 0 aliphatic rings. The van der Waals surface area contributed by atoms with E-state index in [0.29, 0.717) is 12.8 Å². The second kappa shape index (κ2) is 5.93. The summed E-state index contributed by atoms with van der Waals surface area (Å²) in [6.45, 7) is 0. The van der Waals surface area contributed by atoms with Crippen LogP contribution < -0.4 is 11.3 Å². The molecule has 5 nitrogen and oxygen atoms in total. The highest BCUT2D eigenvalue weighted by atomic mass is 32.2. The Bertz CT molecular complexity index is 405. The Morgan fingerprint density at radius 3 is 2.75 bits per heavy atom. The third kappa shape index (κ3) is 5.20. The Morgan fingerprint density at radius 2 is 2.25 bits per heavy atom. The summed E-state index contributed by atoms with van der Waals surface area (Å²) in [5.74, 6) is 5.51. The van der Waals surface area contributed by atoms with Crippen LogP contribution in [0.4, 0.5) is 0 Å². The molecule has 0 amide bonds. The van der Waals surface area contributed by atoms with E-state index in [2.05, 4.69) is 10.4 Å². The SMILES string of the molecule is CS(=O)(=O)CCC(Cc1ccccn1)NN. The Kier molecular flexibility index (Phi) is 4.85. The van der Waals surface area contributed by atoms with Crippen LogP contribution >= 0.6 is 0 Å². The van der Waals surface area contributed by atoms with Crippen LogP contribution in [0.5, 0.6) is 0 Å². The number of nitrogens with two attached hydrogens (primary N) is 1. The zero-order chi connectivity index (χ0) is 12.0. The van der Waals surface area contributed by atoms with Crippen LogP contribution in [0.25, 0.3) is 0 Å². The van der Waals surface area contributed by atoms with Gasteiger partial charge in [0, 0.05) is 30.6 Å². The highest BCUT2D eigenvalue weighted by Gasteiger charge is 2.11. The van der Waals surface area contributed by atoms with Crippen LogP contribution in [0.15, 0.2) is 24.4 Å². The largest absolute Gasteiger partial charge is 0.271 e. The lowest BCUT2D eigenvalue weighted by Gasteiger charge is -2.14. The zero-order valence-electron chi connectivity index (χ0n) is 9.26. The van der Waals surface area contributed by atoms with Crippen LogP contribution in [0.2, 0.25) is 0 Å². The second-order valence-corrected chi connectivity index (χ2v) is 6.07. The van der Waals surface area contributed by atoms with Crippen molar-refractivity contribution in [3.05, 3.63) is 30.1 Å². The van der Waals surface area contributed by atoms with Crippen molar-refractivity contribution in [3.63, 3.8) is 0 Å². The monoisotopic (exact) mass is 243 g/mol. The van der Waals surface area contributed by atoms with Gasteiger partial charge in [0.1, 0.15) is 9.84 Å². The topological polar surface area (TPSA) is 85.1 Å². The summed E-state index contributed by atoms with van der Waals surface area (Å²) in [6.07, 6.45) is 4.06. The predicted octanol–water partition coefficient (Wildman–Crippen LogP) is -0.109. The van der Waals surface area contributed by atoms with Gasteiger partial charge in [-0.1, -0.05) is 6.07 Å². The van der Waals surface area contributed by atoms with Crippen LogP contribution in [0, 0.1) is 0 Å². The van der Waals surface area contributed by atoms with Gasteiger partial charge in [0.15, 0.2) is 0 Å². The first-order valence-electron chi connectivity index (χ1n) is 5.05. The molecule has 0 saturated heterocycles. The molecule has 0 bridgehead atoms. The summed E-state index contributed by atoms with van der Waals surface area (Å²) >= 11 is 0. The van der Waals surface area contributed by atoms with Crippen LogP contribution in [-0.2, 0) is 16.3 Å². The van der Waals surface area contributed by atoms with Gasteiger partial charge in [-0.25, -0.2) is 8.42 Å². The lowest BCUT2D eigenvalue weighted by molar-refractivity contribution is 0.502. The Labute approximate surface area is 96.0 Å². The molecule has 1 heterocycles. The summed E-state index contributed by atoms with van der Waals surface area (Å²) in [6, 6.07) is 5.56. The maximum Gasteiger partial charge on any atom is 0.147 e. The highest BCUT2D eigenvalue weighted by Crippen LogP contribution is 2.03. The summed E-state index contributed by atoms with van der Waals surface area (Å²) in [7, 11) is -2.94. The average molecular weight is 243 g/mol. The minimum absolute atomic E-state index is 0.0652. The average Bonchev–Trinajstić information content (AvgIpc) is 2.24. The number of nitrogens with zero attached hydrogens (tertiary/aromatic N) is 1. The van der Waals surface area contributed by atoms with E-state index in [0.717, 1.165) is 5.69 Å². The fraction of sp³-hybridized carbons (Fsp3) is 0.500. The van der Waals surface area contributed by atoms with Gasteiger partial charge in [0.25, 0.3) is 0 Å². The molecular weight excluding hydrogens is 226 g/mol. The van der Waals surface area contributed by atoms with Crippen molar-refractivity contribution in [2.45, 2.75) is 18.9 Å². The van der Waals surface area contributed by atoms with Gasteiger partial charge >= 0.3 is 0 Å². The fourth-order valence-electron chi connectivity index (χ4n) is 1.37. The smallest absolute Gasteiger partial charge is 0.147 e. The number of sulfone groups is 1. The highest BCUT2D eigenvalue weighted by molar-refractivity contribution is 7.90. The normalized spacial score (nSPS) is 13.6. The molecule has 0 aliphatic carbocycles. The molecule has 0 fully saturated rings. The molecule has 1 rings (SSSR count).